The zero-order valence-electron chi connectivity index (χ0n) is 13.1. The molecule has 2 aromatic heterocycles. The summed E-state index contributed by atoms with van der Waals surface area (Å²) in [5.74, 6) is 0.566. The Morgan fingerprint density at radius 2 is 2.00 bits per heavy atom. The van der Waals surface area contributed by atoms with Crippen LogP contribution in [0.4, 0.5) is 5.95 Å². The lowest BCUT2D eigenvalue weighted by atomic mass is 10.4. The molecule has 0 aliphatic carbocycles. The number of anilines is 1. The van der Waals surface area contributed by atoms with E-state index in [0.29, 0.717) is 23.7 Å². The Bertz CT molecular complexity index is 927. The summed E-state index contributed by atoms with van der Waals surface area (Å²) in [6, 6.07) is 0. The minimum absolute atomic E-state index is 0.251. The molecule has 0 atom stereocenters. The van der Waals surface area contributed by atoms with Crippen molar-refractivity contribution in [1.29, 1.82) is 0 Å². The smallest absolute Gasteiger partial charge is 0.297 e. The fourth-order valence-corrected chi connectivity index (χ4v) is 2.69. The Labute approximate surface area is 126 Å². The first-order chi connectivity index (χ1) is 10.5. The zero-order valence-corrected chi connectivity index (χ0v) is 13.1. The van der Waals surface area contributed by atoms with E-state index < -0.39 is 0 Å². The normalized spacial score (nSPS) is 14.7. The van der Waals surface area contributed by atoms with Crippen molar-refractivity contribution in [2.45, 2.75) is 26.9 Å². The highest BCUT2D eigenvalue weighted by atomic mass is 16.2. The zero-order chi connectivity index (χ0) is 16.0. The number of aromatic nitrogens is 4. The average Bonchev–Trinajstić information content (AvgIpc) is 2.85. The van der Waals surface area contributed by atoms with E-state index in [-0.39, 0.29) is 17.8 Å². The fourth-order valence-electron chi connectivity index (χ4n) is 2.69. The minimum Gasteiger partial charge on any atom is -0.297 e. The van der Waals surface area contributed by atoms with Crippen LogP contribution in [0.1, 0.15) is 13.8 Å². The predicted octanol–water partition coefficient (Wildman–Crippen LogP) is 0.298. The summed E-state index contributed by atoms with van der Waals surface area (Å²) in [6.07, 6.45) is 3.59. The van der Waals surface area contributed by atoms with Crippen molar-refractivity contribution >= 4 is 22.8 Å². The Morgan fingerprint density at radius 3 is 2.68 bits per heavy atom. The monoisotopic (exact) mass is 302 g/mol. The third-order valence-corrected chi connectivity index (χ3v) is 3.73. The van der Waals surface area contributed by atoms with E-state index in [1.807, 2.05) is 24.5 Å². The van der Waals surface area contributed by atoms with Crippen LogP contribution in [0, 0.1) is 0 Å². The number of hydrazone groups is 1. The molecule has 0 fully saturated rings. The van der Waals surface area contributed by atoms with Crippen molar-refractivity contribution in [2.24, 2.45) is 12.1 Å². The maximum Gasteiger partial charge on any atom is 0.332 e. The van der Waals surface area contributed by atoms with E-state index in [1.165, 1.54) is 9.13 Å². The van der Waals surface area contributed by atoms with E-state index in [9.17, 15) is 9.59 Å². The molecule has 8 heteroatoms. The summed E-state index contributed by atoms with van der Waals surface area (Å²) in [5.41, 5.74) is 1.01. The third kappa shape index (κ3) is 1.91. The first kappa shape index (κ1) is 14.3. The second-order valence-electron chi connectivity index (χ2n) is 5.36. The molecule has 0 amide bonds. The quantitative estimate of drug-likeness (QED) is 0.748. The van der Waals surface area contributed by atoms with Gasteiger partial charge in [0, 0.05) is 20.6 Å². The molecular weight excluding hydrogens is 284 g/mol. The maximum atomic E-state index is 12.8. The van der Waals surface area contributed by atoms with Crippen LogP contribution in [0.3, 0.4) is 0 Å². The number of hydrogen-bond donors (Lipinski definition) is 0. The lowest BCUT2D eigenvalue weighted by molar-refractivity contribution is 0.663. The first-order valence-corrected chi connectivity index (χ1v) is 7.04. The number of hydrogen-bond acceptors (Lipinski definition) is 5. The Balaban J connectivity index is 2.39. The summed E-state index contributed by atoms with van der Waals surface area (Å²) < 4.78 is 4.44. The second kappa shape index (κ2) is 4.97. The lowest BCUT2D eigenvalue weighted by Crippen LogP contribution is -2.39. The van der Waals surface area contributed by atoms with Crippen molar-refractivity contribution in [3.05, 3.63) is 33.0 Å². The number of fused-ring (bicyclic) bond motifs is 3. The van der Waals surface area contributed by atoms with Crippen molar-refractivity contribution in [2.75, 3.05) is 12.1 Å². The first-order valence-electron chi connectivity index (χ1n) is 7.04. The van der Waals surface area contributed by atoms with Gasteiger partial charge in [-0.05, 0) is 13.8 Å². The molecule has 8 nitrogen and oxygen atoms in total. The van der Waals surface area contributed by atoms with Crippen molar-refractivity contribution in [3.8, 4) is 0 Å². The van der Waals surface area contributed by atoms with Crippen LogP contribution in [0.5, 0.6) is 0 Å². The van der Waals surface area contributed by atoms with Crippen LogP contribution in [0.25, 0.3) is 11.2 Å². The SMILES string of the molecule is C/C=C/Cn1c(=O)c2c(nc3n2CC(C)=NN3C)n(C)c1=O. The van der Waals surface area contributed by atoms with E-state index in [4.69, 9.17) is 0 Å². The van der Waals surface area contributed by atoms with Gasteiger partial charge in [-0.3, -0.25) is 18.5 Å². The predicted molar refractivity (Wildman–Crippen MR) is 85.6 cm³/mol. The standard InChI is InChI=1S/C14H18N6O2/c1-5-6-7-19-12(21)10-11(17(3)14(19)22)15-13-18(4)16-9(2)8-20(10)13/h5-6H,7-8H2,1-4H3/b6-5+. The molecule has 0 aromatic carbocycles. The van der Waals surface area contributed by atoms with Gasteiger partial charge in [0.05, 0.1) is 12.3 Å². The van der Waals surface area contributed by atoms with Gasteiger partial charge >= 0.3 is 5.69 Å². The number of nitrogens with zero attached hydrogens (tertiary/aromatic N) is 6. The topological polar surface area (TPSA) is 77.4 Å². The molecule has 0 radical (unpaired) electrons. The van der Waals surface area contributed by atoms with Crippen LogP contribution in [-0.4, -0.2) is 31.4 Å². The van der Waals surface area contributed by atoms with Gasteiger partial charge in [0.2, 0.25) is 5.95 Å². The summed E-state index contributed by atoms with van der Waals surface area (Å²) >= 11 is 0. The van der Waals surface area contributed by atoms with Crippen LogP contribution < -0.4 is 16.3 Å². The van der Waals surface area contributed by atoms with E-state index in [2.05, 4.69) is 10.1 Å². The lowest BCUT2D eigenvalue weighted by Gasteiger charge is -2.20. The average molecular weight is 302 g/mol. The van der Waals surface area contributed by atoms with Gasteiger partial charge < -0.3 is 0 Å². The molecule has 0 spiro atoms. The van der Waals surface area contributed by atoms with Crippen LogP contribution in [0.15, 0.2) is 26.8 Å². The number of aryl methyl sites for hydroxylation is 1. The molecule has 116 valence electrons. The number of imidazole rings is 1. The van der Waals surface area contributed by atoms with E-state index in [0.717, 1.165) is 5.71 Å². The largest absolute Gasteiger partial charge is 0.332 e. The van der Waals surface area contributed by atoms with Gasteiger partial charge in [-0.1, -0.05) is 12.2 Å². The Morgan fingerprint density at radius 1 is 1.27 bits per heavy atom. The Kier molecular flexibility index (Phi) is 3.23. The van der Waals surface area contributed by atoms with Crippen molar-refractivity contribution in [3.63, 3.8) is 0 Å². The van der Waals surface area contributed by atoms with Gasteiger partial charge in [0.1, 0.15) is 0 Å². The molecule has 1 aliphatic heterocycles. The summed E-state index contributed by atoms with van der Waals surface area (Å²) in [4.78, 5) is 29.5. The summed E-state index contributed by atoms with van der Waals surface area (Å²) in [6.45, 7) is 4.49. The minimum atomic E-state index is -0.369. The van der Waals surface area contributed by atoms with Crippen LogP contribution in [0.2, 0.25) is 0 Å². The molecule has 0 N–H and O–H groups in total. The molecule has 0 bridgehead atoms. The van der Waals surface area contributed by atoms with Crippen LogP contribution >= 0.6 is 0 Å². The second-order valence-corrected chi connectivity index (χ2v) is 5.36. The van der Waals surface area contributed by atoms with Crippen molar-refractivity contribution in [1.82, 2.24) is 18.7 Å². The van der Waals surface area contributed by atoms with E-state index >= 15 is 0 Å². The third-order valence-electron chi connectivity index (χ3n) is 3.73. The highest BCUT2D eigenvalue weighted by molar-refractivity contribution is 5.87. The van der Waals surface area contributed by atoms with Gasteiger partial charge in [-0.15, -0.1) is 0 Å². The van der Waals surface area contributed by atoms with Gasteiger partial charge in [0.25, 0.3) is 5.56 Å². The molecule has 2 aromatic rings. The molecule has 0 unspecified atom stereocenters. The fraction of sp³-hybridized carbons (Fsp3) is 0.429. The Hall–Kier alpha value is -2.64. The summed E-state index contributed by atoms with van der Waals surface area (Å²) in [5, 5.41) is 5.96. The van der Waals surface area contributed by atoms with Gasteiger partial charge in [-0.2, -0.15) is 10.1 Å². The summed E-state index contributed by atoms with van der Waals surface area (Å²) in [7, 11) is 3.40. The van der Waals surface area contributed by atoms with Crippen molar-refractivity contribution < 1.29 is 0 Å². The molecule has 1 aliphatic rings. The highest BCUT2D eigenvalue weighted by Crippen LogP contribution is 2.21. The van der Waals surface area contributed by atoms with Gasteiger partial charge in [0.15, 0.2) is 11.2 Å². The molecule has 0 saturated carbocycles. The maximum absolute atomic E-state index is 12.8. The molecular formula is C14H18N6O2. The number of allylic oxidation sites excluding steroid dienone is 2. The highest BCUT2D eigenvalue weighted by Gasteiger charge is 2.24. The molecule has 0 saturated heterocycles. The molecule has 3 rings (SSSR count). The molecule has 22 heavy (non-hydrogen) atoms. The molecule has 3 heterocycles. The van der Waals surface area contributed by atoms with Crippen LogP contribution in [-0.2, 0) is 20.1 Å². The van der Waals surface area contributed by atoms with Gasteiger partial charge in [-0.25, -0.2) is 9.80 Å². The number of rotatable bonds is 2. The van der Waals surface area contributed by atoms with E-state index in [1.54, 1.807) is 25.2 Å².